The van der Waals surface area contributed by atoms with Crippen molar-refractivity contribution in [1.82, 2.24) is 9.97 Å². The number of carbonyl (C=O) groups is 1. The predicted molar refractivity (Wildman–Crippen MR) is 80.5 cm³/mol. The molecule has 1 heterocycles. The first-order valence-electron chi connectivity index (χ1n) is 6.19. The molecule has 2 aromatic rings. The summed E-state index contributed by atoms with van der Waals surface area (Å²) in [6, 6.07) is 7.86. The fourth-order valence-electron chi connectivity index (χ4n) is 1.69. The fraction of sp³-hybridized carbons (Fsp3) is 0.214. The number of aromatic nitrogens is 2. The highest BCUT2D eigenvalue weighted by atomic mass is 79.9. The van der Waals surface area contributed by atoms with E-state index in [0.717, 1.165) is 15.6 Å². The molecule has 6 heteroatoms. The van der Waals surface area contributed by atoms with Crippen LogP contribution >= 0.6 is 15.9 Å². The normalized spacial score (nSPS) is 10.2. The molecule has 0 saturated heterocycles. The topological polar surface area (TPSA) is 75.1 Å². The van der Waals surface area contributed by atoms with Crippen LogP contribution in [0.1, 0.15) is 12.8 Å². The Bertz CT molecular complexity index is 587. The minimum atomic E-state index is -0.794. The zero-order valence-corrected chi connectivity index (χ0v) is 12.3. The molecule has 0 aliphatic carbocycles. The summed E-state index contributed by atoms with van der Waals surface area (Å²) in [5.74, 6) is -0.289. The van der Waals surface area contributed by atoms with Gasteiger partial charge in [0.2, 0.25) is 5.95 Å². The van der Waals surface area contributed by atoms with Gasteiger partial charge < -0.3 is 10.4 Å². The van der Waals surface area contributed by atoms with Crippen LogP contribution in [0.2, 0.25) is 0 Å². The summed E-state index contributed by atoms with van der Waals surface area (Å²) in [7, 11) is 0. The largest absolute Gasteiger partial charge is 0.481 e. The molecule has 0 unspecified atom stereocenters. The standard InChI is InChI=1S/C14H14BrN3O2/c15-12-5-2-1-4-11(12)10-8-17-14(18-9-10)16-7-3-6-13(19)20/h1-2,4-5,8-9H,3,6-7H2,(H,19,20)(H,16,17,18). The lowest BCUT2D eigenvalue weighted by Gasteiger charge is -2.06. The molecule has 2 rings (SSSR count). The molecule has 0 bridgehead atoms. The Morgan fingerprint density at radius 3 is 2.60 bits per heavy atom. The number of nitrogens with zero attached hydrogens (tertiary/aromatic N) is 2. The van der Waals surface area contributed by atoms with Gasteiger partial charge in [0, 0.05) is 35.4 Å². The molecule has 0 aliphatic heterocycles. The maximum absolute atomic E-state index is 10.4. The maximum atomic E-state index is 10.4. The monoisotopic (exact) mass is 335 g/mol. The molecule has 0 atom stereocenters. The lowest BCUT2D eigenvalue weighted by Crippen LogP contribution is -2.07. The van der Waals surface area contributed by atoms with Crippen molar-refractivity contribution < 1.29 is 9.90 Å². The molecule has 0 fully saturated rings. The highest BCUT2D eigenvalue weighted by Crippen LogP contribution is 2.26. The number of hydrogen-bond acceptors (Lipinski definition) is 4. The van der Waals surface area contributed by atoms with E-state index in [1.54, 1.807) is 12.4 Å². The van der Waals surface area contributed by atoms with E-state index in [4.69, 9.17) is 5.11 Å². The Balaban J connectivity index is 1.97. The van der Waals surface area contributed by atoms with Crippen LogP contribution in [0, 0.1) is 0 Å². The van der Waals surface area contributed by atoms with Crippen LogP contribution in [-0.4, -0.2) is 27.6 Å². The van der Waals surface area contributed by atoms with Gasteiger partial charge in [0.15, 0.2) is 0 Å². The van der Waals surface area contributed by atoms with Crippen molar-refractivity contribution in [1.29, 1.82) is 0 Å². The van der Waals surface area contributed by atoms with Crippen LogP contribution in [0.3, 0.4) is 0 Å². The van der Waals surface area contributed by atoms with Crippen molar-refractivity contribution in [3.05, 3.63) is 41.1 Å². The lowest BCUT2D eigenvalue weighted by molar-refractivity contribution is -0.137. The quantitative estimate of drug-likeness (QED) is 0.793. The minimum Gasteiger partial charge on any atom is -0.481 e. The zero-order chi connectivity index (χ0) is 14.4. The average Bonchev–Trinajstić information content (AvgIpc) is 2.45. The van der Waals surface area contributed by atoms with Gasteiger partial charge >= 0.3 is 5.97 Å². The molecular formula is C14H14BrN3O2. The van der Waals surface area contributed by atoms with Gasteiger partial charge in [-0.3, -0.25) is 4.79 Å². The SMILES string of the molecule is O=C(O)CCCNc1ncc(-c2ccccc2Br)cn1. The smallest absolute Gasteiger partial charge is 0.303 e. The number of aliphatic carboxylic acids is 1. The van der Waals surface area contributed by atoms with Crippen LogP contribution in [0.4, 0.5) is 5.95 Å². The van der Waals surface area contributed by atoms with Gasteiger partial charge in [-0.15, -0.1) is 0 Å². The Hall–Kier alpha value is -1.95. The number of carboxylic acids is 1. The van der Waals surface area contributed by atoms with Gasteiger partial charge in [0.25, 0.3) is 0 Å². The summed E-state index contributed by atoms with van der Waals surface area (Å²) in [6.07, 6.45) is 4.17. The van der Waals surface area contributed by atoms with E-state index >= 15 is 0 Å². The van der Waals surface area contributed by atoms with E-state index in [9.17, 15) is 4.79 Å². The van der Waals surface area contributed by atoms with E-state index in [2.05, 4.69) is 31.2 Å². The average molecular weight is 336 g/mol. The van der Waals surface area contributed by atoms with E-state index < -0.39 is 5.97 Å². The van der Waals surface area contributed by atoms with Gasteiger partial charge in [-0.25, -0.2) is 9.97 Å². The van der Waals surface area contributed by atoms with E-state index in [-0.39, 0.29) is 6.42 Å². The highest BCUT2D eigenvalue weighted by molar-refractivity contribution is 9.10. The highest BCUT2D eigenvalue weighted by Gasteiger charge is 2.04. The third kappa shape index (κ3) is 4.03. The van der Waals surface area contributed by atoms with Crippen LogP contribution in [0.25, 0.3) is 11.1 Å². The van der Waals surface area contributed by atoms with Crippen molar-refractivity contribution in [3.63, 3.8) is 0 Å². The first-order chi connectivity index (χ1) is 9.66. The summed E-state index contributed by atoms with van der Waals surface area (Å²) >= 11 is 3.49. The van der Waals surface area contributed by atoms with Gasteiger partial charge in [0.1, 0.15) is 0 Å². The second-order valence-electron chi connectivity index (χ2n) is 4.20. The number of nitrogens with one attached hydrogen (secondary N) is 1. The van der Waals surface area contributed by atoms with Gasteiger partial charge in [-0.2, -0.15) is 0 Å². The molecule has 1 aromatic heterocycles. The van der Waals surface area contributed by atoms with Gasteiger partial charge in [0.05, 0.1) is 0 Å². The van der Waals surface area contributed by atoms with Crippen LogP contribution < -0.4 is 5.32 Å². The second-order valence-corrected chi connectivity index (χ2v) is 5.05. The Labute approximate surface area is 125 Å². The molecule has 20 heavy (non-hydrogen) atoms. The van der Waals surface area contributed by atoms with E-state index in [0.29, 0.717) is 18.9 Å². The maximum Gasteiger partial charge on any atom is 0.303 e. The zero-order valence-electron chi connectivity index (χ0n) is 10.7. The Morgan fingerprint density at radius 1 is 1.25 bits per heavy atom. The number of halogens is 1. The second kappa shape index (κ2) is 7.00. The first-order valence-corrected chi connectivity index (χ1v) is 6.99. The van der Waals surface area contributed by atoms with Crippen molar-refractivity contribution >= 4 is 27.8 Å². The molecule has 0 radical (unpaired) electrons. The lowest BCUT2D eigenvalue weighted by atomic mass is 10.1. The Morgan fingerprint density at radius 2 is 1.95 bits per heavy atom. The van der Waals surface area contributed by atoms with Crippen molar-refractivity contribution in [2.75, 3.05) is 11.9 Å². The van der Waals surface area contributed by atoms with E-state index in [1.165, 1.54) is 0 Å². The fourth-order valence-corrected chi connectivity index (χ4v) is 2.21. The van der Waals surface area contributed by atoms with Crippen LogP contribution in [0.15, 0.2) is 41.1 Å². The number of carboxylic acid groups (broad SMARTS) is 1. The Kier molecular flexibility index (Phi) is 5.06. The molecular weight excluding hydrogens is 322 g/mol. The predicted octanol–water partition coefficient (Wildman–Crippen LogP) is 3.18. The molecule has 0 spiro atoms. The van der Waals surface area contributed by atoms with Crippen LogP contribution in [-0.2, 0) is 4.79 Å². The van der Waals surface area contributed by atoms with Crippen molar-refractivity contribution in [2.45, 2.75) is 12.8 Å². The summed E-state index contributed by atoms with van der Waals surface area (Å²) < 4.78 is 0.991. The van der Waals surface area contributed by atoms with Crippen molar-refractivity contribution in [3.8, 4) is 11.1 Å². The van der Waals surface area contributed by atoms with Gasteiger partial charge in [-0.1, -0.05) is 34.1 Å². The summed E-state index contributed by atoms with van der Waals surface area (Å²) in [4.78, 5) is 18.8. The summed E-state index contributed by atoms with van der Waals surface area (Å²) in [5, 5.41) is 11.5. The molecule has 104 valence electrons. The molecule has 0 saturated carbocycles. The minimum absolute atomic E-state index is 0.141. The number of hydrogen-bond donors (Lipinski definition) is 2. The number of anilines is 1. The molecule has 0 amide bonds. The number of rotatable bonds is 6. The van der Waals surface area contributed by atoms with Crippen molar-refractivity contribution in [2.24, 2.45) is 0 Å². The van der Waals surface area contributed by atoms with E-state index in [1.807, 2.05) is 24.3 Å². The summed E-state index contributed by atoms with van der Waals surface area (Å²) in [6.45, 7) is 0.542. The molecule has 2 N–H and O–H groups in total. The first kappa shape index (κ1) is 14.5. The molecule has 5 nitrogen and oxygen atoms in total. The van der Waals surface area contributed by atoms with Gasteiger partial charge in [-0.05, 0) is 18.1 Å². The third-order valence-electron chi connectivity index (χ3n) is 2.69. The molecule has 1 aromatic carbocycles. The van der Waals surface area contributed by atoms with Crippen LogP contribution in [0.5, 0.6) is 0 Å². The molecule has 0 aliphatic rings. The number of benzene rings is 1. The summed E-state index contributed by atoms with van der Waals surface area (Å²) in [5.41, 5.74) is 1.96. The third-order valence-corrected chi connectivity index (χ3v) is 3.38.